The molecule has 0 atom stereocenters. The van der Waals surface area contributed by atoms with Crippen LogP contribution in [0.15, 0.2) is 6.20 Å². The van der Waals surface area contributed by atoms with Crippen molar-refractivity contribution in [2.24, 2.45) is 5.73 Å². The van der Waals surface area contributed by atoms with E-state index in [0.29, 0.717) is 6.54 Å². The SMILES string of the molecule is CC(C)(C)c1ncc(CCN)[nH]1. The van der Waals surface area contributed by atoms with Gasteiger partial charge >= 0.3 is 0 Å². The van der Waals surface area contributed by atoms with Gasteiger partial charge in [-0.15, -0.1) is 0 Å². The molecule has 1 rings (SSSR count). The van der Waals surface area contributed by atoms with E-state index in [1.807, 2.05) is 6.20 Å². The molecule has 68 valence electrons. The number of hydrogen-bond donors (Lipinski definition) is 2. The molecule has 12 heavy (non-hydrogen) atoms. The molecule has 3 N–H and O–H groups in total. The monoisotopic (exact) mass is 167 g/mol. The van der Waals surface area contributed by atoms with Crippen molar-refractivity contribution in [3.05, 3.63) is 17.7 Å². The number of aromatic amines is 1. The molecule has 0 radical (unpaired) electrons. The fourth-order valence-electron chi connectivity index (χ4n) is 1.02. The molecule has 0 aliphatic heterocycles. The van der Waals surface area contributed by atoms with Gasteiger partial charge in [0.25, 0.3) is 0 Å². The van der Waals surface area contributed by atoms with Gasteiger partial charge in [-0.2, -0.15) is 0 Å². The Bertz CT molecular complexity index is 245. The van der Waals surface area contributed by atoms with E-state index in [2.05, 4.69) is 30.7 Å². The summed E-state index contributed by atoms with van der Waals surface area (Å²) >= 11 is 0. The normalized spacial score (nSPS) is 12.0. The number of aromatic nitrogens is 2. The predicted molar refractivity (Wildman–Crippen MR) is 50.0 cm³/mol. The van der Waals surface area contributed by atoms with Crippen molar-refractivity contribution in [2.75, 3.05) is 6.54 Å². The third-order valence-corrected chi connectivity index (χ3v) is 1.75. The zero-order valence-corrected chi connectivity index (χ0v) is 8.02. The summed E-state index contributed by atoms with van der Waals surface area (Å²) in [6, 6.07) is 0. The van der Waals surface area contributed by atoms with Crippen LogP contribution in [0.2, 0.25) is 0 Å². The highest BCUT2D eigenvalue weighted by Gasteiger charge is 2.16. The second kappa shape index (κ2) is 3.27. The van der Waals surface area contributed by atoms with Crippen LogP contribution in [0, 0.1) is 0 Å². The lowest BCUT2D eigenvalue weighted by Crippen LogP contribution is -2.13. The van der Waals surface area contributed by atoms with Crippen LogP contribution in [0.25, 0.3) is 0 Å². The third-order valence-electron chi connectivity index (χ3n) is 1.75. The number of nitrogens with two attached hydrogens (primary N) is 1. The van der Waals surface area contributed by atoms with Crippen LogP contribution in [-0.4, -0.2) is 16.5 Å². The zero-order chi connectivity index (χ0) is 9.19. The Morgan fingerprint density at radius 1 is 1.50 bits per heavy atom. The molecule has 0 saturated heterocycles. The van der Waals surface area contributed by atoms with Gasteiger partial charge in [-0.05, 0) is 6.54 Å². The molecule has 3 heteroatoms. The van der Waals surface area contributed by atoms with Crippen LogP contribution in [-0.2, 0) is 11.8 Å². The molecule has 0 saturated carbocycles. The molecular formula is C9H17N3. The smallest absolute Gasteiger partial charge is 0.111 e. The van der Waals surface area contributed by atoms with Crippen LogP contribution < -0.4 is 5.73 Å². The van der Waals surface area contributed by atoms with Crippen LogP contribution in [0.5, 0.6) is 0 Å². The first-order chi connectivity index (χ1) is 5.54. The van der Waals surface area contributed by atoms with Gasteiger partial charge in [0.2, 0.25) is 0 Å². The minimum absolute atomic E-state index is 0.104. The molecule has 0 unspecified atom stereocenters. The van der Waals surface area contributed by atoms with E-state index in [1.54, 1.807) is 0 Å². The fraction of sp³-hybridized carbons (Fsp3) is 0.667. The second-order valence-corrected chi connectivity index (χ2v) is 4.05. The van der Waals surface area contributed by atoms with E-state index >= 15 is 0 Å². The van der Waals surface area contributed by atoms with Crippen molar-refractivity contribution in [1.29, 1.82) is 0 Å². The Labute approximate surface area is 73.4 Å². The van der Waals surface area contributed by atoms with E-state index in [1.165, 1.54) is 0 Å². The number of hydrogen-bond acceptors (Lipinski definition) is 2. The number of H-pyrrole nitrogens is 1. The van der Waals surface area contributed by atoms with E-state index < -0.39 is 0 Å². The first-order valence-electron chi connectivity index (χ1n) is 4.28. The van der Waals surface area contributed by atoms with Crippen molar-refractivity contribution in [3.8, 4) is 0 Å². The largest absolute Gasteiger partial charge is 0.345 e. The topological polar surface area (TPSA) is 54.7 Å². The quantitative estimate of drug-likeness (QED) is 0.695. The summed E-state index contributed by atoms with van der Waals surface area (Å²) in [4.78, 5) is 7.56. The van der Waals surface area contributed by atoms with Crippen LogP contribution in [0.1, 0.15) is 32.3 Å². The molecule has 0 aliphatic rings. The van der Waals surface area contributed by atoms with Crippen LogP contribution >= 0.6 is 0 Å². The summed E-state index contributed by atoms with van der Waals surface area (Å²) < 4.78 is 0. The molecule has 0 aromatic carbocycles. The number of nitrogens with one attached hydrogen (secondary N) is 1. The molecule has 0 amide bonds. The summed E-state index contributed by atoms with van der Waals surface area (Å²) in [6.07, 6.45) is 2.75. The van der Waals surface area contributed by atoms with Gasteiger partial charge in [0.05, 0.1) is 0 Å². The Morgan fingerprint density at radius 2 is 2.17 bits per heavy atom. The van der Waals surface area contributed by atoms with Gasteiger partial charge in [-0.1, -0.05) is 20.8 Å². The van der Waals surface area contributed by atoms with Gasteiger partial charge in [-0.25, -0.2) is 4.98 Å². The van der Waals surface area contributed by atoms with Gasteiger partial charge in [0, 0.05) is 23.7 Å². The van der Waals surface area contributed by atoms with E-state index in [-0.39, 0.29) is 5.41 Å². The van der Waals surface area contributed by atoms with Gasteiger partial charge in [0.1, 0.15) is 5.82 Å². The molecule has 1 heterocycles. The van der Waals surface area contributed by atoms with Crippen molar-refractivity contribution < 1.29 is 0 Å². The van der Waals surface area contributed by atoms with Gasteiger partial charge < -0.3 is 10.7 Å². The van der Waals surface area contributed by atoms with Crippen molar-refractivity contribution in [3.63, 3.8) is 0 Å². The number of imidazole rings is 1. The van der Waals surface area contributed by atoms with E-state index in [0.717, 1.165) is 17.9 Å². The maximum atomic E-state index is 5.43. The van der Waals surface area contributed by atoms with Gasteiger partial charge in [0.15, 0.2) is 0 Å². The van der Waals surface area contributed by atoms with Crippen molar-refractivity contribution >= 4 is 0 Å². The predicted octanol–water partition coefficient (Wildman–Crippen LogP) is 1.21. The molecule has 0 spiro atoms. The molecule has 0 aliphatic carbocycles. The highest BCUT2D eigenvalue weighted by molar-refractivity contribution is 5.08. The summed E-state index contributed by atoms with van der Waals surface area (Å²) in [7, 11) is 0. The Balaban J connectivity index is 2.77. The lowest BCUT2D eigenvalue weighted by Gasteiger charge is -2.14. The first kappa shape index (κ1) is 9.26. The summed E-state index contributed by atoms with van der Waals surface area (Å²) in [5.41, 5.74) is 6.66. The Morgan fingerprint density at radius 3 is 2.58 bits per heavy atom. The Kier molecular flexibility index (Phi) is 2.52. The molecule has 0 fully saturated rings. The van der Waals surface area contributed by atoms with E-state index in [9.17, 15) is 0 Å². The maximum Gasteiger partial charge on any atom is 0.111 e. The second-order valence-electron chi connectivity index (χ2n) is 4.05. The average molecular weight is 167 g/mol. The standard InChI is InChI=1S/C9H17N3/c1-9(2,3)8-11-6-7(12-8)4-5-10/h6H,4-5,10H2,1-3H3,(H,11,12). The Hall–Kier alpha value is -0.830. The summed E-state index contributed by atoms with van der Waals surface area (Å²) in [5, 5.41) is 0. The fourth-order valence-corrected chi connectivity index (χ4v) is 1.02. The lowest BCUT2D eigenvalue weighted by atomic mass is 9.96. The van der Waals surface area contributed by atoms with Gasteiger partial charge in [-0.3, -0.25) is 0 Å². The highest BCUT2D eigenvalue weighted by Crippen LogP contribution is 2.18. The molecular weight excluding hydrogens is 150 g/mol. The number of rotatable bonds is 2. The van der Waals surface area contributed by atoms with Crippen molar-refractivity contribution in [2.45, 2.75) is 32.6 Å². The molecule has 1 aromatic rings. The summed E-state index contributed by atoms with van der Waals surface area (Å²) in [6.45, 7) is 7.08. The molecule has 3 nitrogen and oxygen atoms in total. The van der Waals surface area contributed by atoms with Crippen molar-refractivity contribution in [1.82, 2.24) is 9.97 Å². The first-order valence-corrected chi connectivity index (χ1v) is 4.28. The third kappa shape index (κ3) is 2.08. The van der Waals surface area contributed by atoms with Crippen LogP contribution in [0.3, 0.4) is 0 Å². The minimum atomic E-state index is 0.104. The average Bonchev–Trinajstić information content (AvgIpc) is 2.35. The van der Waals surface area contributed by atoms with E-state index in [4.69, 9.17) is 5.73 Å². The molecule has 1 aromatic heterocycles. The minimum Gasteiger partial charge on any atom is -0.345 e. The maximum absolute atomic E-state index is 5.43. The number of nitrogens with zero attached hydrogens (tertiary/aromatic N) is 1. The van der Waals surface area contributed by atoms with Crippen LogP contribution in [0.4, 0.5) is 0 Å². The lowest BCUT2D eigenvalue weighted by molar-refractivity contribution is 0.551. The molecule has 0 bridgehead atoms. The zero-order valence-electron chi connectivity index (χ0n) is 8.02. The summed E-state index contributed by atoms with van der Waals surface area (Å²) in [5.74, 6) is 1.03. The highest BCUT2D eigenvalue weighted by atomic mass is 14.9.